The summed E-state index contributed by atoms with van der Waals surface area (Å²) >= 11 is 0. The lowest BCUT2D eigenvalue weighted by molar-refractivity contribution is 0.0802. The quantitative estimate of drug-likeness (QED) is 0.375. The van der Waals surface area contributed by atoms with E-state index in [1.54, 1.807) is 24.3 Å². The molecule has 2 aromatic carbocycles. The van der Waals surface area contributed by atoms with E-state index in [2.05, 4.69) is 16.6 Å². The molecule has 7 heteroatoms. The van der Waals surface area contributed by atoms with Gasteiger partial charge in [-0.2, -0.15) is 0 Å². The van der Waals surface area contributed by atoms with Crippen molar-refractivity contribution in [2.24, 2.45) is 0 Å². The van der Waals surface area contributed by atoms with Crippen molar-refractivity contribution in [2.75, 3.05) is 0 Å². The summed E-state index contributed by atoms with van der Waals surface area (Å²) < 4.78 is 3.08. The van der Waals surface area contributed by atoms with Crippen molar-refractivity contribution in [1.82, 2.24) is 0 Å². The fraction of sp³-hybridized carbons (Fsp3) is 0.111. The van der Waals surface area contributed by atoms with Gasteiger partial charge < -0.3 is 25.2 Å². The molecule has 2 aromatic rings. The molecule has 0 aromatic heterocycles. The van der Waals surface area contributed by atoms with E-state index in [0.717, 1.165) is 11.1 Å². The first kappa shape index (κ1) is 19.7. The molecule has 0 saturated carbocycles. The van der Waals surface area contributed by atoms with Crippen LogP contribution in [0.3, 0.4) is 0 Å². The summed E-state index contributed by atoms with van der Waals surface area (Å²) in [6.07, 6.45) is -5.37. The Balaban J connectivity index is 0.000000381. The largest absolute Gasteiger partial charge is 0.516 e. The molecule has 0 aliphatic carbocycles. The number of rotatable bonds is 2. The maximum absolute atomic E-state index is 9.83. The second-order valence-electron chi connectivity index (χ2n) is 4.55. The molecule has 0 fully saturated rings. The smallest absolute Gasteiger partial charge is 0.449 e. The molecular formula is C18H16O7. The van der Waals surface area contributed by atoms with Crippen LogP contribution in [0, 0.1) is 11.8 Å². The average Bonchev–Trinajstić information content (AvgIpc) is 2.60. The number of benzene rings is 2. The molecule has 0 amide bonds. The number of carboxylic acid groups (broad SMARTS) is 2. The molecule has 0 saturated heterocycles. The molecule has 0 aliphatic rings. The van der Waals surface area contributed by atoms with Gasteiger partial charge in [0.05, 0.1) is 0 Å². The zero-order valence-electron chi connectivity index (χ0n) is 12.9. The normalized spacial score (nSPS) is 11.6. The molecule has 0 radical (unpaired) electrons. The summed E-state index contributed by atoms with van der Waals surface area (Å²) in [7, 11) is 0. The Kier molecular flexibility index (Phi) is 8.23. The van der Waals surface area contributed by atoms with Crippen LogP contribution in [0.4, 0.5) is 9.59 Å². The molecule has 25 heavy (non-hydrogen) atoms. The molecule has 0 heterocycles. The third kappa shape index (κ3) is 8.18. The van der Waals surface area contributed by atoms with Crippen LogP contribution in [0.25, 0.3) is 0 Å². The van der Waals surface area contributed by atoms with Crippen molar-refractivity contribution in [3.63, 3.8) is 0 Å². The SMILES string of the molecule is O=C(O)OC(=O)O.OC(C#CC(O)c1ccccc1)c1ccccc1. The first-order valence-electron chi connectivity index (χ1n) is 7.01. The molecular weight excluding hydrogens is 328 g/mol. The van der Waals surface area contributed by atoms with E-state index in [4.69, 9.17) is 10.2 Å². The number of aliphatic hydroxyl groups excluding tert-OH is 2. The zero-order valence-corrected chi connectivity index (χ0v) is 12.9. The van der Waals surface area contributed by atoms with Gasteiger partial charge in [-0.1, -0.05) is 72.5 Å². The van der Waals surface area contributed by atoms with Crippen LogP contribution in [0.5, 0.6) is 0 Å². The molecule has 2 rings (SSSR count). The Labute approximate surface area is 143 Å². The molecule has 0 aliphatic heterocycles. The number of hydrogen-bond acceptors (Lipinski definition) is 5. The van der Waals surface area contributed by atoms with E-state index in [1.165, 1.54) is 0 Å². The van der Waals surface area contributed by atoms with Gasteiger partial charge in [0.15, 0.2) is 0 Å². The van der Waals surface area contributed by atoms with Gasteiger partial charge in [-0.25, -0.2) is 9.59 Å². The summed E-state index contributed by atoms with van der Waals surface area (Å²) in [6, 6.07) is 18.3. The topological polar surface area (TPSA) is 124 Å². The third-order valence-corrected chi connectivity index (χ3v) is 2.76. The monoisotopic (exact) mass is 344 g/mol. The Hall–Kier alpha value is -3.34. The van der Waals surface area contributed by atoms with Crippen molar-refractivity contribution in [3.8, 4) is 11.8 Å². The standard InChI is InChI=1S/C16H14O2.C2H2O5/c17-15(13-7-3-1-4-8-13)11-12-16(18)14-9-5-2-6-10-14;3-1(4)7-2(5)6/h1-10,15-18H;(H,3,4)(H,5,6). The zero-order chi connectivity index (χ0) is 18.7. The van der Waals surface area contributed by atoms with Gasteiger partial charge in [0, 0.05) is 0 Å². The maximum atomic E-state index is 9.83. The summed E-state index contributed by atoms with van der Waals surface area (Å²) in [4.78, 5) is 18.4. The lowest BCUT2D eigenvalue weighted by Crippen LogP contribution is -2.05. The molecule has 7 nitrogen and oxygen atoms in total. The highest BCUT2D eigenvalue weighted by molar-refractivity contribution is 5.74. The van der Waals surface area contributed by atoms with Crippen molar-refractivity contribution in [3.05, 3.63) is 71.8 Å². The van der Waals surface area contributed by atoms with Gasteiger partial charge in [-0.3, -0.25) is 0 Å². The number of carbonyl (C=O) groups is 2. The molecule has 0 bridgehead atoms. The summed E-state index contributed by atoms with van der Waals surface area (Å²) in [5.74, 6) is 5.31. The summed E-state index contributed by atoms with van der Waals surface area (Å²) in [5.41, 5.74) is 1.45. The van der Waals surface area contributed by atoms with E-state index < -0.39 is 24.5 Å². The average molecular weight is 344 g/mol. The van der Waals surface area contributed by atoms with E-state index in [1.807, 2.05) is 36.4 Å². The second-order valence-corrected chi connectivity index (χ2v) is 4.55. The van der Waals surface area contributed by atoms with Gasteiger partial charge in [0.25, 0.3) is 0 Å². The predicted octanol–water partition coefficient (Wildman–Crippen LogP) is 2.82. The van der Waals surface area contributed by atoms with Crippen LogP contribution in [0.2, 0.25) is 0 Å². The van der Waals surface area contributed by atoms with Crippen LogP contribution in [-0.4, -0.2) is 32.7 Å². The van der Waals surface area contributed by atoms with E-state index in [-0.39, 0.29) is 0 Å². The second kappa shape index (κ2) is 10.4. The van der Waals surface area contributed by atoms with E-state index in [9.17, 15) is 19.8 Å². The highest BCUT2D eigenvalue weighted by Crippen LogP contribution is 2.13. The van der Waals surface area contributed by atoms with Crippen LogP contribution < -0.4 is 0 Å². The molecule has 4 N–H and O–H groups in total. The minimum Gasteiger partial charge on any atom is -0.449 e. The number of hydrogen-bond donors (Lipinski definition) is 4. The van der Waals surface area contributed by atoms with Crippen molar-refractivity contribution < 1.29 is 34.8 Å². The third-order valence-electron chi connectivity index (χ3n) is 2.76. The fourth-order valence-corrected chi connectivity index (χ4v) is 1.67. The maximum Gasteiger partial charge on any atom is 0.516 e. The minimum absolute atomic E-state index is 0.727. The van der Waals surface area contributed by atoms with E-state index in [0.29, 0.717) is 0 Å². The Bertz CT molecular complexity index is 671. The van der Waals surface area contributed by atoms with E-state index >= 15 is 0 Å². The first-order valence-corrected chi connectivity index (χ1v) is 7.01. The molecule has 0 spiro atoms. The van der Waals surface area contributed by atoms with Gasteiger partial charge in [-0.15, -0.1) is 0 Å². The van der Waals surface area contributed by atoms with Gasteiger partial charge in [-0.05, 0) is 11.1 Å². The Morgan fingerprint density at radius 3 is 1.28 bits per heavy atom. The van der Waals surface area contributed by atoms with Gasteiger partial charge in [0.1, 0.15) is 12.2 Å². The molecule has 2 unspecified atom stereocenters. The van der Waals surface area contributed by atoms with Crippen LogP contribution in [-0.2, 0) is 4.74 Å². The fourth-order valence-electron chi connectivity index (χ4n) is 1.67. The number of aliphatic hydroxyl groups is 2. The van der Waals surface area contributed by atoms with Crippen LogP contribution >= 0.6 is 0 Å². The van der Waals surface area contributed by atoms with Crippen molar-refractivity contribution >= 4 is 12.3 Å². The van der Waals surface area contributed by atoms with Gasteiger partial charge in [0.2, 0.25) is 0 Å². The lowest BCUT2D eigenvalue weighted by Gasteiger charge is -2.05. The summed E-state index contributed by atoms with van der Waals surface area (Å²) in [6.45, 7) is 0. The number of ether oxygens (including phenoxy) is 1. The minimum atomic E-state index is -1.81. The van der Waals surface area contributed by atoms with Gasteiger partial charge >= 0.3 is 12.3 Å². The summed E-state index contributed by atoms with van der Waals surface area (Å²) in [5, 5.41) is 34.6. The van der Waals surface area contributed by atoms with Crippen molar-refractivity contribution in [2.45, 2.75) is 12.2 Å². The van der Waals surface area contributed by atoms with Crippen LogP contribution in [0.1, 0.15) is 23.3 Å². The Morgan fingerprint density at radius 1 is 0.720 bits per heavy atom. The highest BCUT2D eigenvalue weighted by atomic mass is 16.7. The highest BCUT2D eigenvalue weighted by Gasteiger charge is 2.05. The Morgan fingerprint density at radius 2 is 1.04 bits per heavy atom. The first-order chi connectivity index (χ1) is 11.9. The molecule has 130 valence electrons. The van der Waals surface area contributed by atoms with Crippen molar-refractivity contribution in [1.29, 1.82) is 0 Å². The molecule has 2 atom stereocenters. The lowest BCUT2D eigenvalue weighted by atomic mass is 10.1. The predicted molar refractivity (Wildman–Crippen MR) is 87.7 cm³/mol. The van der Waals surface area contributed by atoms with Crippen LogP contribution in [0.15, 0.2) is 60.7 Å².